The smallest absolute Gasteiger partial charge is 0.223 e. The molecule has 0 aliphatic heterocycles. The van der Waals surface area contributed by atoms with E-state index in [-0.39, 0.29) is 11.9 Å². The van der Waals surface area contributed by atoms with Crippen LogP contribution in [0.4, 0.5) is 10.3 Å². The van der Waals surface area contributed by atoms with Gasteiger partial charge in [0.2, 0.25) is 5.95 Å². The van der Waals surface area contributed by atoms with Crippen LogP contribution in [0, 0.1) is 12.7 Å². The van der Waals surface area contributed by atoms with E-state index in [4.69, 9.17) is 0 Å². The molecular weight excluding hydrogens is 277 g/mol. The molecule has 3 nitrogen and oxygen atoms in total. The first-order chi connectivity index (χ1) is 10.7. The van der Waals surface area contributed by atoms with Crippen LogP contribution in [0.5, 0.6) is 0 Å². The van der Waals surface area contributed by atoms with E-state index in [1.54, 1.807) is 12.3 Å². The van der Waals surface area contributed by atoms with Gasteiger partial charge in [-0.1, -0.05) is 42.5 Å². The summed E-state index contributed by atoms with van der Waals surface area (Å²) in [6.45, 7) is 1.91. The fraction of sp³-hybridized carbons (Fsp3) is 0.111. The van der Waals surface area contributed by atoms with Crippen LogP contribution in [0.25, 0.3) is 0 Å². The SMILES string of the molecule is Cc1ccnc(NC(c2ccccc2)c2cccc(F)c2)n1. The van der Waals surface area contributed by atoms with Gasteiger partial charge in [-0.25, -0.2) is 14.4 Å². The molecule has 1 heterocycles. The van der Waals surface area contributed by atoms with Gasteiger partial charge in [-0.2, -0.15) is 0 Å². The summed E-state index contributed by atoms with van der Waals surface area (Å²) in [7, 11) is 0. The van der Waals surface area contributed by atoms with Crippen LogP contribution >= 0.6 is 0 Å². The van der Waals surface area contributed by atoms with Crippen molar-refractivity contribution in [1.29, 1.82) is 0 Å². The quantitative estimate of drug-likeness (QED) is 0.786. The van der Waals surface area contributed by atoms with Crippen LogP contribution in [0.1, 0.15) is 22.9 Å². The summed E-state index contributed by atoms with van der Waals surface area (Å²) in [6, 6.07) is 18.1. The predicted octanol–water partition coefficient (Wildman–Crippen LogP) is 4.13. The second-order valence-electron chi connectivity index (χ2n) is 5.06. The molecule has 0 saturated heterocycles. The Morgan fingerprint density at radius 2 is 1.73 bits per heavy atom. The summed E-state index contributed by atoms with van der Waals surface area (Å²) >= 11 is 0. The Balaban J connectivity index is 2.00. The molecule has 0 saturated carbocycles. The minimum Gasteiger partial charge on any atom is -0.343 e. The van der Waals surface area contributed by atoms with Crippen molar-refractivity contribution in [2.24, 2.45) is 0 Å². The van der Waals surface area contributed by atoms with Gasteiger partial charge in [0.15, 0.2) is 0 Å². The summed E-state index contributed by atoms with van der Waals surface area (Å²) in [6.07, 6.45) is 1.71. The van der Waals surface area contributed by atoms with E-state index in [2.05, 4.69) is 15.3 Å². The molecule has 0 spiro atoms. The van der Waals surface area contributed by atoms with Gasteiger partial charge in [0.1, 0.15) is 5.82 Å². The van der Waals surface area contributed by atoms with Crippen LogP contribution in [0.2, 0.25) is 0 Å². The highest BCUT2D eigenvalue weighted by Gasteiger charge is 2.15. The zero-order valence-electron chi connectivity index (χ0n) is 12.2. The minimum atomic E-state index is -0.259. The number of anilines is 1. The Morgan fingerprint density at radius 3 is 2.45 bits per heavy atom. The maximum absolute atomic E-state index is 13.6. The van der Waals surface area contributed by atoms with E-state index < -0.39 is 0 Å². The number of rotatable bonds is 4. The highest BCUT2D eigenvalue weighted by atomic mass is 19.1. The summed E-state index contributed by atoms with van der Waals surface area (Å²) in [5.74, 6) is 0.267. The summed E-state index contributed by atoms with van der Waals surface area (Å²) in [5.41, 5.74) is 2.73. The summed E-state index contributed by atoms with van der Waals surface area (Å²) in [4.78, 5) is 8.61. The predicted molar refractivity (Wildman–Crippen MR) is 85.1 cm³/mol. The fourth-order valence-electron chi connectivity index (χ4n) is 2.34. The maximum atomic E-state index is 13.6. The number of nitrogens with one attached hydrogen (secondary N) is 1. The Hall–Kier alpha value is -2.75. The Morgan fingerprint density at radius 1 is 0.955 bits per heavy atom. The van der Waals surface area contributed by atoms with Gasteiger partial charge < -0.3 is 5.32 Å². The Labute approximate surface area is 128 Å². The van der Waals surface area contributed by atoms with Crippen LogP contribution < -0.4 is 5.32 Å². The normalized spacial score (nSPS) is 11.9. The largest absolute Gasteiger partial charge is 0.343 e. The number of hydrogen-bond acceptors (Lipinski definition) is 3. The molecular formula is C18H16FN3. The third-order valence-electron chi connectivity index (χ3n) is 3.38. The zero-order chi connectivity index (χ0) is 15.4. The lowest BCUT2D eigenvalue weighted by molar-refractivity contribution is 0.624. The first kappa shape index (κ1) is 14.2. The summed E-state index contributed by atoms with van der Waals surface area (Å²) in [5, 5.41) is 3.29. The maximum Gasteiger partial charge on any atom is 0.223 e. The van der Waals surface area contributed by atoms with Gasteiger partial charge >= 0.3 is 0 Å². The highest BCUT2D eigenvalue weighted by Crippen LogP contribution is 2.25. The second-order valence-corrected chi connectivity index (χ2v) is 5.06. The van der Waals surface area contributed by atoms with Gasteiger partial charge in [0, 0.05) is 11.9 Å². The highest BCUT2D eigenvalue weighted by molar-refractivity contribution is 5.41. The number of aryl methyl sites for hydroxylation is 1. The van der Waals surface area contributed by atoms with Crippen molar-refractivity contribution in [1.82, 2.24) is 9.97 Å². The molecule has 1 unspecified atom stereocenters. The molecule has 110 valence electrons. The Bertz CT molecular complexity index is 759. The monoisotopic (exact) mass is 293 g/mol. The topological polar surface area (TPSA) is 37.8 Å². The number of nitrogens with zero attached hydrogens (tertiary/aromatic N) is 2. The van der Waals surface area contributed by atoms with Gasteiger partial charge in [0.05, 0.1) is 6.04 Å². The molecule has 3 rings (SSSR count). The first-order valence-corrected chi connectivity index (χ1v) is 7.09. The molecule has 0 bridgehead atoms. The zero-order valence-corrected chi connectivity index (χ0v) is 12.2. The van der Waals surface area contributed by atoms with Crippen molar-refractivity contribution < 1.29 is 4.39 Å². The van der Waals surface area contributed by atoms with Crippen molar-refractivity contribution in [3.05, 3.63) is 89.5 Å². The van der Waals surface area contributed by atoms with Crippen molar-refractivity contribution in [2.75, 3.05) is 5.32 Å². The molecule has 0 amide bonds. The summed E-state index contributed by atoms with van der Waals surface area (Å²) < 4.78 is 13.6. The average Bonchev–Trinajstić information content (AvgIpc) is 2.53. The number of hydrogen-bond donors (Lipinski definition) is 1. The molecule has 3 aromatic rings. The van der Waals surface area contributed by atoms with Crippen molar-refractivity contribution in [3.63, 3.8) is 0 Å². The lowest BCUT2D eigenvalue weighted by Crippen LogP contribution is -2.14. The average molecular weight is 293 g/mol. The Kier molecular flexibility index (Phi) is 4.10. The lowest BCUT2D eigenvalue weighted by Gasteiger charge is -2.20. The van der Waals surface area contributed by atoms with Crippen LogP contribution in [0.15, 0.2) is 66.9 Å². The molecule has 0 fully saturated rings. The molecule has 4 heteroatoms. The standard InChI is InChI=1S/C18H16FN3/c1-13-10-11-20-18(21-13)22-17(14-6-3-2-4-7-14)15-8-5-9-16(19)12-15/h2-12,17H,1H3,(H,20,21,22). The molecule has 1 aromatic heterocycles. The molecule has 0 aliphatic rings. The van der Waals surface area contributed by atoms with E-state index in [1.807, 2.05) is 49.4 Å². The fourth-order valence-corrected chi connectivity index (χ4v) is 2.34. The third-order valence-corrected chi connectivity index (χ3v) is 3.38. The van der Waals surface area contributed by atoms with Gasteiger partial charge in [-0.3, -0.25) is 0 Å². The van der Waals surface area contributed by atoms with Crippen LogP contribution in [-0.4, -0.2) is 9.97 Å². The molecule has 2 aromatic carbocycles. The lowest BCUT2D eigenvalue weighted by atomic mass is 9.99. The van der Waals surface area contributed by atoms with E-state index >= 15 is 0 Å². The second kappa shape index (κ2) is 6.35. The third kappa shape index (κ3) is 3.28. The van der Waals surface area contributed by atoms with E-state index in [1.165, 1.54) is 12.1 Å². The van der Waals surface area contributed by atoms with Crippen molar-refractivity contribution in [2.45, 2.75) is 13.0 Å². The van der Waals surface area contributed by atoms with Crippen molar-refractivity contribution in [3.8, 4) is 0 Å². The van der Waals surface area contributed by atoms with Gasteiger partial charge in [-0.05, 0) is 36.2 Å². The van der Waals surface area contributed by atoms with E-state index in [0.717, 1.165) is 16.8 Å². The van der Waals surface area contributed by atoms with Crippen molar-refractivity contribution >= 4 is 5.95 Å². The number of benzene rings is 2. The number of aromatic nitrogens is 2. The van der Waals surface area contributed by atoms with Crippen LogP contribution in [-0.2, 0) is 0 Å². The number of halogens is 1. The van der Waals surface area contributed by atoms with E-state index in [9.17, 15) is 4.39 Å². The first-order valence-electron chi connectivity index (χ1n) is 7.09. The van der Waals surface area contributed by atoms with E-state index in [0.29, 0.717) is 5.95 Å². The molecule has 0 radical (unpaired) electrons. The molecule has 22 heavy (non-hydrogen) atoms. The van der Waals surface area contributed by atoms with Crippen LogP contribution in [0.3, 0.4) is 0 Å². The molecule has 0 aliphatic carbocycles. The molecule has 1 atom stereocenters. The molecule has 1 N–H and O–H groups in total. The minimum absolute atomic E-state index is 0.210. The van der Waals surface area contributed by atoms with Gasteiger partial charge in [-0.15, -0.1) is 0 Å². The van der Waals surface area contributed by atoms with Gasteiger partial charge in [0.25, 0.3) is 0 Å².